The molecule has 0 saturated heterocycles. The minimum absolute atomic E-state index is 0.0123. The van der Waals surface area contributed by atoms with Crippen LogP contribution in [0.4, 0.5) is 13.2 Å². The number of aliphatic hydroxyl groups is 1. The van der Waals surface area contributed by atoms with Gasteiger partial charge in [0.25, 0.3) is 6.43 Å². The first-order valence-corrected chi connectivity index (χ1v) is 3.20. The van der Waals surface area contributed by atoms with Crippen molar-refractivity contribution in [2.24, 2.45) is 0 Å². The van der Waals surface area contributed by atoms with E-state index < -0.39 is 19.2 Å². The van der Waals surface area contributed by atoms with Crippen molar-refractivity contribution >= 4 is 0 Å². The highest BCUT2D eigenvalue weighted by molar-refractivity contribution is 4.56. The highest BCUT2D eigenvalue weighted by Gasteiger charge is 2.15. The number of aliphatic hydroxyl groups excluding tert-OH is 1. The highest BCUT2D eigenvalue weighted by atomic mass is 19.3. The Morgan fingerprint density at radius 1 is 1.20 bits per heavy atom. The van der Waals surface area contributed by atoms with Gasteiger partial charge in [-0.05, 0) is 19.3 Å². The summed E-state index contributed by atoms with van der Waals surface area (Å²) in [6.45, 7) is -0.504. The molecule has 0 rings (SSSR count). The van der Waals surface area contributed by atoms with Crippen LogP contribution in [0.2, 0.25) is 0 Å². The van der Waals surface area contributed by atoms with Gasteiger partial charge in [0.1, 0.15) is 6.10 Å². The molecule has 0 fully saturated rings. The van der Waals surface area contributed by atoms with Gasteiger partial charge >= 0.3 is 0 Å². The van der Waals surface area contributed by atoms with E-state index in [0.29, 0.717) is 6.42 Å². The standard InChI is InChI=1S/C6H11F3O/c7-4-2-1-3-5(10)6(8)9/h5-6,10H,1-4H2. The van der Waals surface area contributed by atoms with E-state index in [2.05, 4.69) is 0 Å². The number of halogens is 3. The smallest absolute Gasteiger partial charge is 0.264 e. The first-order valence-electron chi connectivity index (χ1n) is 3.20. The Hall–Kier alpha value is -0.250. The van der Waals surface area contributed by atoms with Gasteiger partial charge in [0.2, 0.25) is 0 Å². The van der Waals surface area contributed by atoms with Crippen LogP contribution in [0.25, 0.3) is 0 Å². The maximum atomic E-state index is 11.5. The van der Waals surface area contributed by atoms with E-state index in [0.717, 1.165) is 0 Å². The summed E-state index contributed by atoms with van der Waals surface area (Å²) >= 11 is 0. The third-order valence-corrected chi connectivity index (χ3v) is 1.17. The molecule has 0 amide bonds. The molecule has 0 aromatic rings. The topological polar surface area (TPSA) is 20.2 Å². The third-order valence-electron chi connectivity index (χ3n) is 1.17. The van der Waals surface area contributed by atoms with E-state index >= 15 is 0 Å². The summed E-state index contributed by atoms with van der Waals surface area (Å²) < 4.78 is 34.4. The summed E-state index contributed by atoms with van der Waals surface area (Å²) in [5, 5.41) is 8.48. The van der Waals surface area contributed by atoms with Gasteiger partial charge in [-0.3, -0.25) is 4.39 Å². The van der Waals surface area contributed by atoms with Crippen LogP contribution in [-0.2, 0) is 0 Å². The highest BCUT2D eigenvalue weighted by Crippen LogP contribution is 2.08. The van der Waals surface area contributed by atoms with Crippen LogP contribution >= 0.6 is 0 Å². The quantitative estimate of drug-likeness (QED) is 0.601. The Bertz CT molecular complexity index is 77.4. The molecular formula is C6H11F3O. The molecule has 62 valence electrons. The Balaban J connectivity index is 3.13. The lowest BCUT2D eigenvalue weighted by Gasteiger charge is -2.06. The fourth-order valence-corrected chi connectivity index (χ4v) is 0.574. The average Bonchev–Trinajstić information content (AvgIpc) is 1.88. The Kier molecular flexibility index (Phi) is 5.39. The monoisotopic (exact) mass is 156 g/mol. The van der Waals surface area contributed by atoms with Crippen LogP contribution < -0.4 is 0 Å². The summed E-state index contributed by atoms with van der Waals surface area (Å²) in [5.41, 5.74) is 0. The van der Waals surface area contributed by atoms with E-state index in [1.54, 1.807) is 0 Å². The lowest BCUT2D eigenvalue weighted by Crippen LogP contribution is -2.16. The zero-order valence-electron chi connectivity index (χ0n) is 5.56. The maximum absolute atomic E-state index is 11.5. The van der Waals surface area contributed by atoms with Gasteiger partial charge in [-0.15, -0.1) is 0 Å². The van der Waals surface area contributed by atoms with Gasteiger partial charge in [-0.1, -0.05) is 0 Å². The van der Waals surface area contributed by atoms with Crippen molar-refractivity contribution in [1.82, 2.24) is 0 Å². The van der Waals surface area contributed by atoms with E-state index in [9.17, 15) is 13.2 Å². The van der Waals surface area contributed by atoms with Crippen molar-refractivity contribution < 1.29 is 18.3 Å². The zero-order chi connectivity index (χ0) is 7.98. The first-order chi connectivity index (χ1) is 4.68. The van der Waals surface area contributed by atoms with Gasteiger partial charge in [0.05, 0.1) is 6.67 Å². The van der Waals surface area contributed by atoms with Crippen LogP contribution in [-0.4, -0.2) is 24.3 Å². The van der Waals surface area contributed by atoms with Crippen molar-refractivity contribution in [2.75, 3.05) is 6.67 Å². The summed E-state index contributed by atoms with van der Waals surface area (Å²) in [7, 11) is 0. The molecule has 1 nitrogen and oxygen atoms in total. The number of hydrogen-bond acceptors (Lipinski definition) is 1. The molecule has 0 aliphatic carbocycles. The number of alkyl halides is 3. The fraction of sp³-hybridized carbons (Fsp3) is 1.00. The third kappa shape index (κ3) is 4.61. The largest absolute Gasteiger partial charge is 0.387 e. The van der Waals surface area contributed by atoms with E-state index in [1.807, 2.05) is 0 Å². The second-order valence-electron chi connectivity index (χ2n) is 2.09. The summed E-state index contributed by atoms with van der Waals surface area (Å²) in [6.07, 6.45) is -3.71. The fourth-order valence-electron chi connectivity index (χ4n) is 0.574. The van der Waals surface area contributed by atoms with Crippen molar-refractivity contribution in [3.63, 3.8) is 0 Å². The minimum atomic E-state index is -2.69. The van der Waals surface area contributed by atoms with Gasteiger partial charge in [0.15, 0.2) is 0 Å². The molecule has 1 unspecified atom stereocenters. The van der Waals surface area contributed by atoms with Crippen molar-refractivity contribution in [1.29, 1.82) is 0 Å². The molecule has 10 heavy (non-hydrogen) atoms. The lowest BCUT2D eigenvalue weighted by molar-refractivity contribution is -0.0101. The number of rotatable bonds is 5. The lowest BCUT2D eigenvalue weighted by atomic mass is 10.2. The molecule has 0 radical (unpaired) electrons. The van der Waals surface area contributed by atoms with Crippen LogP contribution in [0.5, 0.6) is 0 Å². The normalized spacial score (nSPS) is 14.1. The van der Waals surface area contributed by atoms with Crippen molar-refractivity contribution in [2.45, 2.75) is 31.8 Å². The molecule has 0 aliphatic rings. The average molecular weight is 156 g/mol. The Morgan fingerprint density at radius 2 is 1.80 bits per heavy atom. The summed E-state index contributed by atoms with van der Waals surface area (Å²) in [4.78, 5) is 0. The number of hydrogen-bond donors (Lipinski definition) is 1. The molecule has 1 atom stereocenters. The number of unbranched alkanes of at least 4 members (excludes halogenated alkanes) is 1. The summed E-state index contributed by atoms with van der Waals surface area (Å²) in [6, 6.07) is 0. The molecule has 0 bridgehead atoms. The van der Waals surface area contributed by atoms with Gasteiger partial charge < -0.3 is 5.11 Å². The van der Waals surface area contributed by atoms with Gasteiger partial charge in [-0.2, -0.15) is 0 Å². The van der Waals surface area contributed by atoms with Crippen LogP contribution in [0.3, 0.4) is 0 Å². The molecule has 0 heterocycles. The predicted octanol–water partition coefficient (Wildman–Crippen LogP) is 1.75. The Labute approximate surface area is 57.9 Å². The molecule has 0 aromatic carbocycles. The van der Waals surface area contributed by atoms with E-state index in [1.165, 1.54) is 0 Å². The molecule has 0 aliphatic heterocycles. The van der Waals surface area contributed by atoms with Crippen LogP contribution in [0, 0.1) is 0 Å². The second kappa shape index (κ2) is 5.53. The molecule has 4 heteroatoms. The molecule has 0 aromatic heterocycles. The van der Waals surface area contributed by atoms with Crippen molar-refractivity contribution in [3.8, 4) is 0 Å². The SMILES string of the molecule is OC(CCCCF)C(F)F. The van der Waals surface area contributed by atoms with Crippen LogP contribution in [0.15, 0.2) is 0 Å². The van der Waals surface area contributed by atoms with E-state index in [4.69, 9.17) is 5.11 Å². The molecule has 1 N–H and O–H groups in total. The first kappa shape index (κ1) is 9.75. The van der Waals surface area contributed by atoms with E-state index in [-0.39, 0.29) is 12.8 Å². The second-order valence-corrected chi connectivity index (χ2v) is 2.09. The molecular weight excluding hydrogens is 145 g/mol. The minimum Gasteiger partial charge on any atom is -0.387 e. The maximum Gasteiger partial charge on any atom is 0.264 e. The molecule has 0 spiro atoms. The van der Waals surface area contributed by atoms with Crippen LogP contribution in [0.1, 0.15) is 19.3 Å². The van der Waals surface area contributed by atoms with Gasteiger partial charge in [0, 0.05) is 0 Å². The van der Waals surface area contributed by atoms with Crippen molar-refractivity contribution in [3.05, 3.63) is 0 Å². The van der Waals surface area contributed by atoms with Gasteiger partial charge in [-0.25, -0.2) is 8.78 Å². The Morgan fingerprint density at radius 3 is 2.20 bits per heavy atom. The zero-order valence-corrected chi connectivity index (χ0v) is 5.56. The molecule has 0 saturated carbocycles. The summed E-state index contributed by atoms with van der Waals surface area (Å²) in [5.74, 6) is 0. The predicted molar refractivity (Wildman–Crippen MR) is 31.8 cm³/mol.